The van der Waals surface area contributed by atoms with Crippen molar-refractivity contribution in [2.75, 3.05) is 7.11 Å². The average Bonchev–Trinajstić information content (AvgIpc) is 2.27. The Hall–Kier alpha value is -1.09. The molecule has 0 saturated heterocycles. The van der Waals surface area contributed by atoms with E-state index in [2.05, 4.69) is 6.55 Å². The lowest BCUT2D eigenvalue weighted by atomic mass is 10.3. The van der Waals surface area contributed by atoms with Gasteiger partial charge < -0.3 is 9.53 Å². The van der Waals surface area contributed by atoms with Crippen molar-refractivity contribution in [1.82, 2.24) is 0 Å². The monoisotopic (exact) mass is 208 g/mol. The second-order valence-electron chi connectivity index (χ2n) is 3.32. The number of benzene rings is 1. The van der Waals surface area contributed by atoms with Gasteiger partial charge in [0.15, 0.2) is 0 Å². The van der Waals surface area contributed by atoms with Crippen LogP contribution in [0.4, 0.5) is 0 Å². The Morgan fingerprint density at radius 1 is 1.50 bits per heavy atom. The van der Waals surface area contributed by atoms with Gasteiger partial charge in [0.25, 0.3) is 0 Å². The zero-order valence-electron chi connectivity index (χ0n) is 8.91. The van der Waals surface area contributed by atoms with Crippen LogP contribution in [-0.2, 0) is 4.79 Å². The van der Waals surface area contributed by atoms with Gasteiger partial charge in [-0.1, -0.05) is 30.8 Å². The van der Waals surface area contributed by atoms with Crippen molar-refractivity contribution in [2.24, 2.45) is 0 Å². The number of carbonyl (C=O) groups excluding carboxylic acids is 1. The van der Waals surface area contributed by atoms with Crippen LogP contribution in [0.5, 0.6) is 5.75 Å². The molecule has 3 heteroatoms. The zero-order valence-corrected chi connectivity index (χ0v) is 10.1. The minimum Gasteiger partial charge on any atom is -0.497 e. The number of ether oxygens (including phenoxy) is 1. The Balaban J connectivity index is 2.89. The lowest BCUT2D eigenvalue weighted by molar-refractivity contribution is -0.111. The predicted molar refractivity (Wildman–Crippen MR) is 60.9 cm³/mol. The summed E-state index contributed by atoms with van der Waals surface area (Å²) in [6.07, 6.45) is 0.643. The third-order valence-corrected chi connectivity index (χ3v) is 5.16. The molecule has 0 amide bonds. The summed E-state index contributed by atoms with van der Waals surface area (Å²) in [6.45, 7) is 3.99. The number of rotatable bonds is 4. The van der Waals surface area contributed by atoms with Crippen LogP contribution in [0.25, 0.3) is 0 Å². The van der Waals surface area contributed by atoms with Crippen LogP contribution in [-0.4, -0.2) is 21.3 Å². The lowest BCUT2D eigenvalue weighted by Gasteiger charge is -2.09. The van der Waals surface area contributed by atoms with Gasteiger partial charge in [0.05, 0.1) is 7.11 Å². The molecule has 1 aromatic carbocycles. The van der Waals surface area contributed by atoms with Gasteiger partial charge in [-0.2, -0.15) is 0 Å². The van der Waals surface area contributed by atoms with Crippen molar-refractivity contribution < 1.29 is 9.53 Å². The normalized spacial score (nSPS) is 12.2. The summed E-state index contributed by atoms with van der Waals surface area (Å²) >= 11 is 0. The highest BCUT2D eigenvalue weighted by atomic mass is 28.3. The van der Waals surface area contributed by atoms with E-state index in [0.717, 1.165) is 10.9 Å². The van der Waals surface area contributed by atoms with E-state index in [1.807, 2.05) is 31.2 Å². The predicted octanol–water partition coefficient (Wildman–Crippen LogP) is 1.28. The van der Waals surface area contributed by atoms with E-state index < -0.39 is 8.80 Å². The van der Waals surface area contributed by atoms with Crippen molar-refractivity contribution in [3.05, 3.63) is 24.3 Å². The summed E-state index contributed by atoms with van der Waals surface area (Å²) in [5, 5.41) is 1.56. The molecular formula is C11H16O2Si. The molecule has 0 aromatic heterocycles. The Kier molecular flexibility index (Phi) is 3.89. The summed E-state index contributed by atoms with van der Waals surface area (Å²) < 4.78 is 5.13. The van der Waals surface area contributed by atoms with Crippen LogP contribution >= 0.6 is 0 Å². The minimum atomic E-state index is -1.42. The molecule has 0 bridgehead atoms. The summed E-state index contributed by atoms with van der Waals surface area (Å²) in [4.78, 5) is 11.5. The molecule has 0 heterocycles. The molecule has 76 valence electrons. The maximum Gasteiger partial charge on any atom is 0.145 e. The Morgan fingerprint density at radius 3 is 2.79 bits per heavy atom. The van der Waals surface area contributed by atoms with Gasteiger partial charge >= 0.3 is 0 Å². The van der Waals surface area contributed by atoms with Gasteiger partial charge in [-0.3, -0.25) is 0 Å². The fraction of sp³-hybridized carbons (Fsp3) is 0.364. The van der Waals surface area contributed by atoms with Crippen LogP contribution in [0.2, 0.25) is 6.55 Å². The van der Waals surface area contributed by atoms with E-state index in [4.69, 9.17) is 4.74 Å². The van der Waals surface area contributed by atoms with Crippen molar-refractivity contribution in [3.8, 4) is 5.75 Å². The largest absolute Gasteiger partial charge is 0.497 e. The lowest BCUT2D eigenvalue weighted by Crippen LogP contribution is -2.35. The van der Waals surface area contributed by atoms with Crippen LogP contribution in [0.1, 0.15) is 13.3 Å². The summed E-state index contributed by atoms with van der Waals surface area (Å²) in [5.41, 5.74) is 0. The van der Waals surface area contributed by atoms with Crippen LogP contribution in [0.3, 0.4) is 0 Å². The van der Waals surface area contributed by atoms with Gasteiger partial charge in [-0.15, -0.1) is 0 Å². The Labute approximate surface area is 86.5 Å². The SMILES string of the molecule is CCC(=O)[SiH](C)c1cccc(OC)c1. The molecule has 1 aromatic rings. The maximum absolute atomic E-state index is 11.5. The molecule has 2 nitrogen and oxygen atoms in total. The molecule has 0 spiro atoms. The molecule has 1 atom stereocenters. The van der Waals surface area contributed by atoms with Crippen LogP contribution < -0.4 is 9.92 Å². The number of hydrogen-bond donors (Lipinski definition) is 0. The number of carbonyl (C=O) groups is 1. The topological polar surface area (TPSA) is 26.3 Å². The molecule has 0 aliphatic heterocycles. The summed E-state index contributed by atoms with van der Waals surface area (Å²) in [6, 6.07) is 7.85. The highest BCUT2D eigenvalue weighted by Crippen LogP contribution is 2.06. The van der Waals surface area contributed by atoms with Gasteiger partial charge in [0, 0.05) is 0 Å². The van der Waals surface area contributed by atoms with Gasteiger partial charge in [-0.05, 0) is 18.6 Å². The summed E-state index contributed by atoms with van der Waals surface area (Å²) in [5.74, 6) is 0.839. The minimum absolute atomic E-state index is 0.401. The Morgan fingerprint density at radius 2 is 2.21 bits per heavy atom. The first-order valence-electron chi connectivity index (χ1n) is 4.85. The maximum atomic E-state index is 11.5. The van der Waals surface area contributed by atoms with Crippen molar-refractivity contribution in [1.29, 1.82) is 0 Å². The molecular weight excluding hydrogens is 192 g/mol. The smallest absolute Gasteiger partial charge is 0.145 e. The highest BCUT2D eigenvalue weighted by molar-refractivity contribution is 6.98. The van der Waals surface area contributed by atoms with E-state index in [1.165, 1.54) is 0 Å². The molecule has 14 heavy (non-hydrogen) atoms. The standard InChI is InChI=1S/C11H16O2Si/c1-4-11(12)14(3)10-7-5-6-9(8-10)13-2/h5-8,14H,4H2,1-3H3. The molecule has 0 N–H and O–H groups in total. The second-order valence-corrected chi connectivity index (χ2v) is 6.07. The van der Waals surface area contributed by atoms with E-state index in [9.17, 15) is 4.79 Å². The second kappa shape index (κ2) is 4.96. The van der Waals surface area contributed by atoms with Crippen molar-refractivity contribution >= 4 is 19.4 Å². The van der Waals surface area contributed by atoms with E-state index in [-0.39, 0.29) is 0 Å². The molecule has 0 saturated carbocycles. The van der Waals surface area contributed by atoms with Crippen molar-refractivity contribution in [3.63, 3.8) is 0 Å². The first-order chi connectivity index (χ1) is 6.69. The highest BCUT2D eigenvalue weighted by Gasteiger charge is 2.15. The fourth-order valence-electron chi connectivity index (χ4n) is 1.40. The number of methoxy groups -OCH3 is 1. The van der Waals surface area contributed by atoms with E-state index in [1.54, 1.807) is 7.11 Å². The van der Waals surface area contributed by atoms with Gasteiger partial charge in [0.1, 0.15) is 20.0 Å². The third kappa shape index (κ3) is 2.45. The molecule has 0 aliphatic carbocycles. The first-order valence-corrected chi connectivity index (χ1v) is 7.16. The fourth-order valence-corrected chi connectivity index (χ4v) is 3.20. The molecule has 0 aliphatic rings. The van der Waals surface area contributed by atoms with E-state index in [0.29, 0.717) is 11.8 Å². The van der Waals surface area contributed by atoms with E-state index >= 15 is 0 Å². The third-order valence-electron chi connectivity index (χ3n) is 2.43. The number of hydrogen-bond acceptors (Lipinski definition) is 2. The van der Waals surface area contributed by atoms with Gasteiger partial charge in [-0.25, -0.2) is 0 Å². The summed E-state index contributed by atoms with van der Waals surface area (Å²) in [7, 11) is 0.230. The van der Waals surface area contributed by atoms with Gasteiger partial charge in [0.2, 0.25) is 0 Å². The Bertz CT molecular complexity index is 323. The molecule has 0 fully saturated rings. The van der Waals surface area contributed by atoms with Crippen LogP contribution in [0, 0.1) is 0 Å². The quantitative estimate of drug-likeness (QED) is 0.697. The molecule has 1 unspecified atom stereocenters. The zero-order chi connectivity index (χ0) is 10.6. The van der Waals surface area contributed by atoms with Crippen molar-refractivity contribution in [2.45, 2.75) is 19.9 Å². The molecule has 0 radical (unpaired) electrons. The average molecular weight is 208 g/mol. The molecule has 1 rings (SSSR count). The van der Waals surface area contributed by atoms with Crippen LogP contribution in [0.15, 0.2) is 24.3 Å². The first kappa shape index (κ1) is 11.0.